The Kier molecular flexibility index (Phi) is 3.47. The van der Waals surface area contributed by atoms with Gasteiger partial charge in [0.05, 0.1) is 17.9 Å². The van der Waals surface area contributed by atoms with Gasteiger partial charge in [-0.2, -0.15) is 0 Å². The van der Waals surface area contributed by atoms with Crippen molar-refractivity contribution in [3.05, 3.63) is 54.0 Å². The molecule has 98 valence electrons. The van der Waals surface area contributed by atoms with E-state index >= 15 is 0 Å². The molecule has 0 saturated carbocycles. The minimum absolute atomic E-state index is 0.0448. The minimum atomic E-state index is -0.0448. The Balaban J connectivity index is 2.04. The lowest BCUT2D eigenvalue weighted by atomic mass is 9.99. The summed E-state index contributed by atoms with van der Waals surface area (Å²) >= 11 is 0. The Morgan fingerprint density at radius 1 is 1.21 bits per heavy atom. The summed E-state index contributed by atoms with van der Waals surface area (Å²) in [7, 11) is 0. The Morgan fingerprint density at radius 2 is 2.11 bits per heavy atom. The van der Waals surface area contributed by atoms with Crippen molar-refractivity contribution >= 4 is 0 Å². The fourth-order valence-corrected chi connectivity index (χ4v) is 2.55. The molecule has 1 aromatic carbocycles. The number of nitrogens with two attached hydrogens (primary N) is 1. The van der Waals surface area contributed by atoms with Crippen molar-refractivity contribution in [1.82, 2.24) is 9.97 Å². The number of H-pyrrole nitrogens is 1. The van der Waals surface area contributed by atoms with Gasteiger partial charge in [-0.25, -0.2) is 4.98 Å². The van der Waals surface area contributed by atoms with Gasteiger partial charge in [0.2, 0.25) is 0 Å². The molecule has 3 rings (SSSR count). The van der Waals surface area contributed by atoms with Crippen LogP contribution in [-0.2, 0) is 6.42 Å². The van der Waals surface area contributed by atoms with Crippen LogP contribution >= 0.6 is 0 Å². The van der Waals surface area contributed by atoms with E-state index in [1.165, 1.54) is 17.5 Å². The molecule has 0 saturated heterocycles. The Hall–Kier alpha value is -1.87. The van der Waals surface area contributed by atoms with Crippen molar-refractivity contribution in [2.45, 2.75) is 31.7 Å². The first-order chi connectivity index (χ1) is 9.34. The van der Waals surface area contributed by atoms with Crippen LogP contribution in [0.15, 0.2) is 42.6 Å². The zero-order chi connectivity index (χ0) is 13.1. The first-order valence-electron chi connectivity index (χ1n) is 6.88. The fraction of sp³-hybridized carbons (Fsp3) is 0.312. The molecule has 0 amide bonds. The third-order valence-corrected chi connectivity index (χ3v) is 3.63. The van der Waals surface area contributed by atoms with E-state index < -0.39 is 0 Å². The summed E-state index contributed by atoms with van der Waals surface area (Å²) in [6.07, 6.45) is 10.5. The lowest BCUT2D eigenvalue weighted by Crippen LogP contribution is -2.11. The van der Waals surface area contributed by atoms with Crippen molar-refractivity contribution in [2.24, 2.45) is 5.73 Å². The van der Waals surface area contributed by atoms with Crippen LogP contribution in [-0.4, -0.2) is 9.97 Å². The molecule has 3 heteroatoms. The van der Waals surface area contributed by atoms with Crippen molar-refractivity contribution in [3.8, 4) is 11.3 Å². The highest BCUT2D eigenvalue weighted by Gasteiger charge is 2.12. The highest BCUT2D eigenvalue weighted by Crippen LogP contribution is 2.25. The largest absolute Gasteiger partial charge is 0.341 e. The van der Waals surface area contributed by atoms with Gasteiger partial charge in [-0.3, -0.25) is 0 Å². The molecule has 2 aromatic rings. The number of benzene rings is 1. The first kappa shape index (κ1) is 12.2. The number of nitrogens with zero attached hydrogens (tertiary/aromatic N) is 1. The number of aromatic nitrogens is 2. The molecule has 1 aromatic heterocycles. The van der Waals surface area contributed by atoms with Gasteiger partial charge in [0.15, 0.2) is 0 Å². The molecule has 0 spiro atoms. The van der Waals surface area contributed by atoms with Gasteiger partial charge in [0, 0.05) is 5.56 Å². The Morgan fingerprint density at radius 3 is 3.05 bits per heavy atom. The standard InChI is InChI=1S/C16H19N3/c17-14-10-4-2-1-3-7-12-8-5-6-9-13(12)15-11-18-16(14)19-15/h2,4-6,8-9,11,14H,1,3,7,10,17H2,(H,18,19)/b4-2+/t14-/m0/s1. The van der Waals surface area contributed by atoms with Gasteiger partial charge in [-0.15, -0.1) is 0 Å². The number of aromatic amines is 1. The van der Waals surface area contributed by atoms with Gasteiger partial charge in [-0.05, 0) is 31.2 Å². The maximum absolute atomic E-state index is 6.14. The summed E-state index contributed by atoms with van der Waals surface area (Å²) in [5, 5.41) is 0. The smallest absolute Gasteiger partial charge is 0.123 e. The molecule has 2 bridgehead atoms. The number of hydrogen-bond donors (Lipinski definition) is 2. The number of nitrogens with one attached hydrogen (secondary N) is 1. The number of aryl methyl sites for hydroxylation is 1. The summed E-state index contributed by atoms with van der Waals surface area (Å²) in [5.41, 5.74) is 9.84. The molecule has 1 aliphatic rings. The molecule has 19 heavy (non-hydrogen) atoms. The molecule has 1 atom stereocenters. The van der Waals surface area contributed by atoms with E-state index in [9.17, 15) is 0 Å². The van der Waals surface area contributed by atoms with Gasteiger partial charge < -0.3 is 10.7 Å². The lowest BCUT2D eigenvalue weighted by molar-refractivity contribution is 0.690. The van der Waals surface area contributed by atoms with Crippen LogP contribution in [0.25, 0.3) is 11.3 Å². The number of imidazole rings is 1. The van der Waals surface area contributed by atoms with Crippen LogP contribution in [0.3, 0.4) is 0 Å². The van der Waals surface area contributed by atoms with Crippen LogP contribution < -0.4 is 5.73 Å². The van der Waals surface area contributed by atoms with E-state index in [-0.39, 0.29) is 6.04 Å². The minimum Gasteiger partial charge on any atom is -0.341 e. The predicted molar refractivity (Wildman–Crippen MR) is 77.6 cm³/mol. The highest BCUT2D eigenvalue weighted by atomic mass is 15.0. The second-order valence-electron chi connectivity index (χ2n) is 5.05. The van der Waals surface area contributed by atoms with Crippen LogP contribution in [0.4, 0.5) is 0 Å². The van der Waals surface area contributed by atoms with Crippen LogP contribution in [0.1, 0.15) is 36.7 Å². The average molecular weight is 253 g/mol. The molecule has 0 fully saturated rings. The second-order valence-corrected chi connectivity index (χ2v) is 5.05. The number of allylic oxidation sites excluding steroid dienone is 1. The third kappa shape index (κ3) is 2.61. The molecule has 3 nitrogen and oxygen atoms in total. The number of hydrogen-bond acceptors (Lipinski definition) is 2. The zero-order valence-electron chi connectivity index (χ0n) is 11.0. The third-order valence-electron chi connectivity index (χ3n) is 3.63. The van der Waals surface area contributed by atoms with Crippen LogP contribution in [0.5, 0.6) is 0 Å². The molecule has 1 aliphatic heterocycles. The monoisotopic (exact) mass is 253 g/mol. The average Bonchev–Trinajstić information content (AvgIpc) is 2.91. The normalized spacial score (nSPS) is 21.0. The molecule has 0 radical (unpaired) electrons. The van der Waals surface area contributed by atoms with Crippen LogP contribution in [0, 0.1) is 0 Å². The van der Waals surface area contributed by atoms with E-state index in [4.69, 9.17) is 5.73 Å². The molecular formula is C16H19N3. The lowest BCUT2D eigenvalue weighted by Gasteiger charge is -2.09. The van der Waals surface area contributed by atoms with E-state index in [0.717, 1.165) is 30.8 Å². The Bertz CT molecular complexity index is 583. The van der Waals surface area contributed by atoms with Gasteiger partial charge in [0.25, 0.3) is 0 Å². The fourth-order valence-electron chi connectivity index (χ4n) is 2.55. The van der Waals surface area contributed by atoms with Gasteiger partial charge in [0.1, 0.15) is 5.82 Å². The molecule has 0 aliphatic carbocycles. The van der Waals surface area contributed by atoms with Gasteiger partial charge >= 0.3 is 0 Å². The summed E-state index contributed by atoms with van der Waals surface area (Å²) in [4.78, 5) is 7.79. The summed E-state index contributed by atoms with van der Waals surface area (Å²) in [5.74, 6) is 0.870. The second kappa shape index (κ2) is 5.41. The van der Waals surface area contributed by atoms with E-state index in [1.807, 2.05) is 6.20 Å². The maximum Gasteiger partial charge on any atom is 0.123 e. The maximum atomic E-state index is 6.14. The van der Waals surface area contributed by atoms with Crippen molar-refractivity contribution in [3.63, 3.8) is 0 Å². The van der Waals surface area contributed by atoms with Crippen molar-refractivity contribution in [1.29, 1.82) is 0 Å². The summed E-state index contributed by atoms with van der Waals surface area (Å²) in [6.45, 7) is 0. The molecule has 3 N–H and O–H groups in total. The Labute approximate surface area is 113 Å². The van der Waals surface area contributed by atoms with Crippen molar-refractivity contribution < 1.29 is 0 Å². The van der Waals surface area contributed by atoms with Crippen LogP contribution in [0.2, 0.25) is 0 Å². The number of fused-ring (bicyclic) bond motifs is 4. The van der Waals surface area contributed by atoms with E-state index in [1.54, 1.807) is 0 Å². The summed E-state index contributed by atoms with van der Waals surface area (Å²) in [6, 6.07) is 8.48. The van der Waals surface area contributed by atoms with E-state index in [2.05, 4.69) is 46.4 Å². The zero-order valence-corrected chi connectivity index (χ0v) is 11.0. The van der Waals surface area contributed by atoms with Crippen molar-refractivity contribution in [2.75, 3.05) is 0 Å². The van der Waals surface area contributed by atoms with Gasteiger partial charge in [-0.1, -0.05) is 36.4 Å². The topological polar surface area (TPSA) is 54.7 Å². The SMILES string of the molecule is N[C@H]1C/C=C/CCCc2ccccc2-c2cnc1[nH]2. The quantitative estimate of drug-likeness (QED) is 0.707. The first-order valence-corrected chi connectivity index (χ1v) is 6.88. The molecule has 0 unspecified atom stereocenters. The predicted octanol–water partition coefficient (Wildman–Crippen LogP) is 3.36. The molecule has 2 heterocycles. The highest BCUT2D eigenvalue weighted by molar-refractivity contribution is 5.63. The number of rotatable bonds is 0. The van der Waals surface area contributed by atoms with E-state index in [0.29, 0.717) is 0 Å². The molecular weight excluding hydrogens is 234 g/mol. The summed E-state index contributed by atoms with van der Waals surface area (Å²) < 4.78 is 0.